The summed E-state index contributed by atoms with van der Waals surface area (Å²) >= 11 is -0.830. The first-order valence-corrected chi connectivity index (χ1v) is 22.5. The number of rotatable bonds is 15. The molecule has 0 bridgehead atoms. The van der Waals surface area contributed by atoms with E-state index in [9.17, 15) is 19.2 Å². The molecular formula is C41H66AsNO6. The van der Waals surface area contributed by atoms with Crippen LogP contribution in [-0.4, -0.2) is 68.9 Å². The van der Waals surface area contributed by atoms with Crippen molar-refractivity contribution in [2.45, 2.75) is 149 Å². The van der Waals surface area contributed by atoms with E-state index in [1.807, 2.05) is 0 Å². The number of nitrogens with zero attached hydrogens (tertiary/aromatic N) is 1. The Kier molecular flexibility index (Phi) is 13.2. The van der Waals surface area contributed by atoms with E-state index in [1.54, 1.807) is 12.5 Å². The van der Waals surface area contributed by atoms with Crippen molar-refractivity contribution in [3.63, 3.8) is 0 Å². The fraction of sp³-hybridized carbons (Fsp3) is 0.854. The average molecular weight is 744 g/mol. The maximum atomic E-state index is 12.9. The van der Waals surface area contributed by atoms with Crippen LogP contribution in [0.4, 0.5) is 4.79 Å². The van der Waals surface area contributed by atoms with Crippen LogP contribution >= 0.6 is 0 Å². The zero-order valence-corrected chi connectivity index (χ0v) is 33.6. The summed E-state index contributed by atoms with van der Waals surface area (Å²) in [5.41, 5.74) is 2.36. The van der Waals surface area contributed by atoms with Crippen LogP contribution in [0.15, 0.2) is 11.6 Å². The predicted octanol–water partition coefficient (Wildman–Crippen LogP) is 8.54. The fourth-order valence-electron chi connectivity index (χ4n) is 11.2. The third-order valence-corrected chi connectivity index (χ3v) is 16.1. The Morgan fingerprint density at radius 2 is 1.78 bits per heavy atom. The molecule has 4 aliphatic carbocycles. The third-order valence-electron chi connectivity index (χ3n) is 13.9. The predicted molar refractivity (Wildman–Crippen MR) is 195 cm³/mol. The van der Waals surface area contributed by atoms with Crippen molar-refractivity contribution in [1.82, 2.24) is 4.90 Å². The topological polar surface area (TPSA) is 90.0 Å². The van der Waals surface area contributed by atoms with Crippen LogP contribution in [0.3, 0.4) is 0 Å². The van der Waals surface area contributed by atoms with E-state index in [0.717, 1.165) is 79.2 Å². The number of ketones is 1. The molecule has 5 aliphatic rings. The van der Waals surface area contributed by atoms with Crippen LogP contribution < -0.4 is 0 Å². The Labute approximate surface area is 303 Å². The number of ether oxygens (including phenoxy) is 2. The minimum absolute atomic E-state index is 0.00265. The first kappa shape index (κ1) is 38.6. The summed E-state index contributed by atoms with van der Waals surface area (Å²) in [6.07, 6.45) is 19.6. The van der Waals surface area contributed by atoms with Crippen molar-refractivity contribution < 1.29 is 28.7 Å². The second-order valence-electron chi connectivity index (χ2n) is 17.3. The number of amides is 1. The number of hydrogen-bond donors (Lipinski definition) is 0. The van der Waals surface area contributed by atoms with Gasteiger partial charge in [0.2, 0.25) is 0 Å². The van der Waals surface area contributed by atoms with Gasteiger partial charge in [0.05, 0.1) is 0 Å². The SMILES string of the molecule is CCOC(=O)C1CN(C(=O)CCCCC[AsH]C(=O)OC2CCC3(C)C(=CCC4C3CCC3(C)C(C(C)CCCC(C)C)CCC43)C2)CC1=O. The van der Waals surface area contributed by atoms with Crippen molar-refractivity contribution in [1.29, 1.82) is 0 Å². The van der Waals surface area contributed by atoms with Gasteiger partial charge in [-0.05, 0) is 12.8 Å². The van der Waals surface area contributed by atoms with Crippen molar-refractivity contribution in [2.24, 2.45) is 52.3 Å². The van der Waals surface area contributed by atoms with Gasteiger partial charge < -0.3 is 0 Å². The van der Waals surface area contributed by atoms with Gasteiger partial charge in [0.1, 0.15) is 0 Å². The van der Waals surface area contributed by atoms with Gasteiger partial charge in [0, 0.05) is 0 Å². The number of carbonyl (C=O) groups is 4. The van der Waals surface area contributed by atoms with E-state index in [-0.39, 0.29) is 47.7 Å². The number of likely N-dealkylation sites (tertiary alicyclic amines) is 1. The number of allylic oxidation sites excluding steroid dienone is 1. The van der Waals surface area contributed by atoms with Crippen molar-refractivity contribution in [3.05, 3.63) is 11.6 Å². The number of hydrogen-bond acceptors (Lipinski definition) is 6. The van der Waals surface area contributed by atoms with E-state index in [4.69, 9.17) is 9.47 Å². The van der Waals surface area contributed by atoms with Gasteiger partial charge in [-0.15, -0.1) is 0 Å². The van der Waals surface area contributed by atoms with Crippen LogP contribution in [0.25, 0.3) is 0 Å². The summed E-state index contributed by atoms with van der Waals surface area (Å²) in [6, 6.07) is 0. The summed E-state index contributed by atoms with van der Waals surface area (Å²) in [6.45, 7) is 14.6. The van der Waals surface area contributed by atoms with Crippen LogP contribution in [0, 0.1) is 52.3 Å². The van der Waals surface area contributed by atoms with Crippen LogP contribution in [0.2, 0.25) is 5.21 Å². The molecule has 1 heterocycles. The van der Waals surface area contributed by atoms with E-state index >= 15 is 0 Å². The Hall–Kier alpha value is -1.62. The maximum absolute atomic E-state index is 12.9. The minimum atomic E-state index is -0.841. The molecule has 1 aliphatic heterocycles. The van der Waals surface area contributed by atoms with Gasteiger partial charge in [-0.25, -0.2) is 0 Å². The molecule has 0 aromatic rings. The molecule has 8 heteroatoms. The van der Waals surface area contributed by atoms with Gasteiger partial charge in [0.25, 0.3) is 0 Å². The third kappa shape index (κ3) is 8.71. The number of Topliss-reactive ketones (excluding diaryl/α,β-unsaturated/α-hetero) is 1. The molecule has 3 saturated carbocycles. The van der Waals surface area contributed by atoms with Crippen LogP contribution in [0.5, 0.6) is 0 Å². The molecule has 0 aromatic carbocycles. The Morgan fingerprint density at radius 1 is 0.980 bits per heavy atom. The summed E-state index contributed by atoms with van der Waals surface area (Å²) < 4.78 is 11.1. The zero-order chi connectivity index (χ0) is 35.3. The molecule has 10 atom stereocenters. The summed E-state index contributed by atoms with van der Waals surface area (Å²) in [7, 11) is 0. The molecule has 7 nitrogen and oxygen atoms in total. The summed E-state index contributed by atoms with van der Waals surface area (Å²) in [5.74, 6) is 3.32. The molecule has 4 fully saturated rings. The molecule has 0 radical (unpaired) electrons. The number of carbonyl (C=O) groups excluding carboxylic acids is 4. The molecule has 1 amide bonds. The van der Waals surface area contributed by atoms with Gasteiger partial charge in [-0.3, -0.25) is 0 Å². The molecule has 0 N–H and O–H groups in total. The standard InChI is InChI=1S/C41H66AsNO6/c1-7-48-38(46)32-25-43(26-36(32)44)37(45)14-9-8-10-23-42-39(47)49-30-19-21-40(5)29(24-30)15-16-31-34-18-17-33(28(4)13-11-12-27(2)3)41(34,6)22-20-35(31)40/h15,27-28,30-35,42H,7-14,16-26H2,1-6H3. The normalized spacial score (nSPS) is 34.8. The first-order valence-electron chi connectivity index (χ1n) is 20.0. The van der Waals surface area contributed by atoms with E-state index in [2.05, 4.69) is 40.7 Å². The summed E-state index contributed by atoms with van der Waals surface area (Å²) in [5, 5.41) is 0.883. The van der Waals surface area contributed by atoms with Gasteiger partial charge >= 0.3 is 252 Å². The van der Waals surface area contributed by atoms with Crippen LogP contribution in [0.1, 0.15) is 138 Å². The molecule has 0 aromatic heterocycles. The molecule has 0 spiro atoms. The molecule has 276 valence electrons. The first-order chi connectivity index (χ1) is 23.4. The molecule has 10 unspecified atom stereocenters. The van der Waals surface area contributed by atoms with Gasteiger partial charge in [-0.2, -0.15) is 0 Å². The Bertz CT molecular complexity index is 1230. The van der Waals surface area contributed by atoms with Gasteiger partial charge in [0.15, 0.2) is 0 Å². The molecular weight excluding hydrogens is 677 g/mol. The monoisotopic (exact) mass is 743 g/mol. The van der Waals surface area contributed by atoms with Crippen molar-refractivity contribution in [2.75, 3.05) is 19.7 Å². The molecule has 1 saturated heterocycles. The zero-order valence-electron chi connectivity index (χ0n) is 31.5. The van der Waals surface area contributed by atoms with E-state index in [0.29, 0.717) is 11.8 Å². The fourth-order valence-corrected chi connectivity index (χ4v) is 13.0. The average Bonchev–Trinajstić information content (AvgIpc) is 3.62. The van der Waals surface area contributed by atoms with E-state index in [1.165, 1.54) is 56.3 Å². The molecule has 49 heavy (non-hydrogen) atoms. The Balaban J connectivity index is 1.02. The van der Waals surface area contributed by atoms with Crippen molar-refractivity contribution in [3.8, 4) is 0 Å². The van der Waals surface area contributed by atoms with Gasteiger partial charge in [-0.1, -0.05) is 40.0 Å². The quantitative estimate of drug-likeness (QED) is 0.0550. The summed E-state index contributed by atoms with van der Waals surface area (Å²) in [4.78, 5) is 51.0. The number of esters is 1. The second kappa shape index (κ2) is 16.8. The Morgan fingerprint density at radius 3 is 2.53 bits per heavy atom. The molecule has 5 rings (SSSR count). The number of unbranched alkanes of at least 4 members (excludes halogenated alkanes) is 2. The number of fused-ring (bicyclic) bond motifs is 5. The second-order valence-corrected chi connectivity index (χ2v) is 20.0. The van der Waals surface area contributed by atoms with E-state index < -0.39 is 27.6 Å². The van der Waals surface area contributed by atoms with Crippen LogP contribution in [-0.2, 0) is 23.9 Å². The van der Waals surface area contributed by atoms with Crippen molar-refractivity contribution >= 4 is 38.2 Å².